The number of allylic oxidation sites excluding steroid dienone is 2. The third-order valence-corrected chi connectivity index (χ3v) is 5.00. The molecule has 7 nitrogen and oxygen atoms in total. The Morgan fingerprint density at radius 2 is 1.62 bits per heavy atom. The Labute approximate surface area is 154 Å². The van der Waals surface area contributed by atoms with Crippen molar-refractivity contribution in [1.29, 1.82) is 0 Å². The van der Waals surface area contributed by atoms with E-state index in [0.717, 1.165) is 24.8 Å². The van der Waals surface area contributed by atoms with E-state index < -0.39 is 17.5 Å². The highest BCUT2D eigenvalue weighted by molar-refractivity contribution is 5.95. The van der Waals surface area contributed by atoms with Gasteiger partial charge in [0.1, 0.15) is 0 Å². The van der Waals surface area contributed by atoms with Gasteiger partial charge in [0, 0.05) is 34.0 Å². The molecule has 2 rings (SSSR count). The van der Waals surface area contributed by atoms with E-state index in [1.165, 1.54) is 42.7 Å². The number of methoxy groups -OCH3 is 6. The maximum atomic E-state index is 12.4. The molecule has 2 aliphatic rings. The predicted molar refractivity (Wildman–Crippen MR) is 94.2 cm³/mol. The van der Waals surface area contributed by atoms with E-state index in [1.54, 1.807) is 6.08 Å². The number of carbonyl (C=O) groups excluding carboxylic acids is 1. The van der Waals surface area contributed by atoms with Gasteiger partial charge in [0.25, 0.3) is 11.6 Å². The van der Waals surface area contributed by atoms with E-state index in [4.69, 9.17) is 28.4 Å². The van der Waals surface area contributed by atoms with Gasteiger partial charge in [-0.2, -0.15) is 0 Å². The first-order chi connectivity index (χ1) is 12.5. The molecule has 0 saturated heterocycles. The summed E-state index contributed by atoms with van der Waals surface area (Å²) < 4.78 is 33.6. The Balaban J connectivity index is 2.83. The van der Waals surface area contributed by atoms with E-state index in [2.05, 4.69) is 0 Å². The summed E-state index contributed by atoms with van der Waals surface area (Å²) in [4.78, 5) is 12.4. The van der Waals surface area contributed by atoms with Gasteiger partial charge in [0.05, 0.1) is 19.8 Å². The molecule has 0 amide bonds. The van der Waals surface area contributed by atoms with Gasteiger partial charge in [-0.1, -0.05) is 6.08 Å². The first-order valence-corrected chi connectivity index (χ1v) is 8.51. The lowest BCUT2D eigenvalue weighted by Crippen LogP contribution is -2.61. The molecule has 0 aliphatic heterocycles. The Morgan fingerprint density at radius 3 is 2.12 bits per heavy atom. The minimum absolute atomic E-state index is 0.417. The zero-order valence-corrected chi connectivity index (χ0v) is 16.3. The molecule has 0 aromatic heterocycles. The Morgan fingerprint density at radius 1 is 0.962 bits per heavy atom. The van der Waals surface area contributed by atoms with Crippen LogP contribution in [0.4, 0.5) is 0 Å². The van der Waals surface area contributed by atoms with Crippen LogP contribution in [0.25, 0.3) is 0 Å². The maximum Gasteiger partial charge on any atom is 0.338 e. The summed E-state index contributed by atoms with van der Waals surface area (Å²) in [6.45, 7) is 0. The van der Waals surface area contributed by atoms with Crippen LogP contribution in [0.1, 0.15) is 25.7 Å². The first kappa shape index (κ1) is 20.6. The molecular weight excluding hydrogens is 340 g/mol. The highest BCUT2D eigenvalue weighted by Gasteiger charge is 2.61. The summed E-state index contributed by atoms with van der Waals surface area (Å²) in [6, 6.07) is 0. The predicted octanol–water partition coefficient (Wildman–Crippen LogP) is 2.48. The van der Waals surface area contributed by atoms with Gasteiger partial charge in [0.15, 0.2) is 5.76 Å². The molecule has 0 aromatic carbocycles. The fraction of sp³-hybridized carbons (Fsp3) is 0.632. The quantitative estimate of drug-likeness (QED) is 0.527. The van der Waals surface area contributed by atoms with Gasteiger partial charge in [-0.3, -0.25) is 0 Å². The van der Waals surface area contributed by atoms with E-state index in [1.807, 2.05) is 6.08 Å². The van der Waals surface area contributed by atoms with Crippen molar-refractivity contribution in [3.8, 4) is 0 Å². The minimum Gasteiger partial charge on any atom is -0.495 e. The van der Waals surface area contributed by atoms with Crippen LogP contribution in [0, 0.1) is 0 Å². The lowest BCUT2D eigenvalue weighted by Gasteiger charge is -2.48. The summed E-state index contributed by atoms with van der Waals surface area (Å²) in [6.07, 6.45) is 6.95. The normalized spacial score (nSPS) is 23.8. The average molecular weight is 368 g/mol. The lowest BCUT2D eigenvalue weighted by molar-refractivity contribution is -0.361. The first-order valence-electron chi connectivity index (χ1n) is 8.51. The van der Waals surface area contributed by atoms with E-state index in [-0.39, 0.29) is 0 Å². The SMILES string of the molecule is COC(=O)/C1=C/CCCCC2=C(OC)C(OC)(OC)C(OC)(OC)C=C21. The number of rotatable bonds is 6. The highest BCUT2D eigenvalue weighted by atomic mass is 16.8. The smallest absolute Gasteiger partial charge is 0.338 e. The summed E-state index contributed by atoms with van der Waals surface area (Å²) in [5.74, 6) is -2.91. The molecular formula is C19H28O7. The van der Waals surface area contributed by atoms with Crippen molar-refractivity contribution >= 4 is 5.97 Å². The lowest BCUT2D eigenvalue weighted by atomic mass is 9.80. The third-order valence-electron chi connectivity index (χ3n) is 5.00. The summed E-state index contributed by atoms with van der Waals surface area (Å²) >= 11 is 0. The second kappa shape index (κ2) is 8.35. The number of carbonyl (C=O) groups is 1. The summed E-state index contributed by atoms with van der Waals surface area (Å²) in [5, 5.41) is 0. The Hall–Kier alpha value is -1.67. The molecule has 26 heavy (non-hydrogen) atoms. The number of hydrogen-bond acceptors (Lipinski definition) is 7. The second-order valence-corrected chi connectivity index (χ2v) is 6.03. The van der Waals surface area contributed by atoms with Crippen molar-refractivity contribution in [3.05, 3.63) is 34.6 Å². The molecule has 0 bridgehead atoms. The van der Waals surface area contributed by atoms with E-state index in [0.29, 0.717) is 23.3 Å². The summed E-state index contributed by atoms with van der Waals surface area (Å²) in [5.41, 5.74) is 1.93. The Kier molecular flexibility index (Phi) is 6.63. The molecule has 0 unspecified atom stereocenters. The molecule has 0 radical (unpaired) electrons. The molecule has 146 valence electrons. The van der Waals surface area contributed by atoms with Gasteiger partial charge in [-0.25, -0.2) is 4.79 Å². The van der Waals surface area contributed by atoms with Crippen LogP contribution in [-0.2, 0) is 33.2 Å². The highest BCUT2D eigenvalue weighted by Crippen LogP contribution is 2.48. The molecule has 0 aromatic rings. The number of esters is 1. The standard InChI is InChI=1S/C19H28O7/c1-21-16-13-10-8-7-9-11-14(17(20)22-2)15(13)12-18(23-3,24-4)19(16,25-5)26-6/h11-12H,7-10H2,1-6H3/b14-11+. The zero-order valence-electron chi connectivity index (χ0n) is 16.3. The molecule has 2 aliphatic carbocycles. The van der Waals surface area contributed by atoms with Crippen LogP contribution < -0.4 is 0 Å². The zero-order chi connectivity index (χ0) is 19.4. The van der Waals surface area contributed by atoms with Crippen LogP contribution in [0.15, 0.2) is 34.6 Å². The van der Waals surface area contributed by atoms with Crippen LogP contribution in [-0.4, -0.2) is 60.2 Å². The van der Waals surface area contributed by atoms with E-state index >= 15 is 0 Å². The molecule has 0 heterocycles. The van der Waals surface area contributed by atoms with Crippen molar-refractivity contribution in [2.75, 3.05) is 42.7 Å². The van der Waals surface area contributed by atoms with Crippen LogP contribution >= 0.6 is 0 Å². The van der Waals surface area contributed by atoms with Crippen LogP contribution in [0.2, 0.25) is 0 Å². The largest absolute Gasteiger partial charge is 0.495 e. The molecule has 7 heteroatoms. The third kappa shape index (κ3) is 2.99. The van der Waals surface area contributed by atoms with Crippen LogP contribution in [0.5, 0.6) is 0 Å². The number of ether oxygens (including phenoxy) is 6. The molecule has 0 spiro atoms. The minimum atomic E-state index is -1.45. The monoisotopic (exact) mass is 368 g/mol. The molecule has 0 N–H and O–H groups in total. The van der Waals surface area contributed by atoms with E-state index in [9.17, 15) is 4.79 Å². The topological polar surface area (TPSA) is 72.5 Å². The van der Waals surface area contributed by atoms with Crippen molar-refractivity contribution in [2.45, 2.75) is 37.3 Å². The second-order valence-electron chi connectivity index (χ2n) is 6.03. The average Bonchev–Trinajstić information content (AvgIpc) is 2.67. The van der Waals surface area contributed by atoms with Crippen molar-refractivity contribution in [3.63, 3.8) is 0 Å². The van der Waals surface area contributed by atoms with Gasteiger partial charge >= 0.3 is 5.97 Å². The van der Waals surface area contributed by atoms with Crippen LogP contribution in [0.3, 0.4) is 0 Å². The molecule has 0 saturated carbocycles. The fourth-order valence-corrected chi connectivity index (χ4v) is 3.73. The van der Waals surface area contributed by atoms with Gasteiger partial charge < -0.3 is 28.4 Å². The van der Waals surface area contributed by atoms with Gasteiger partial charge in [-0.05, 0) is 37.3 Å². The number of fused-ring (bicyclic) bond motifs is 1. The number of hydrogen-bond donors (Lipinski definition) is 0. The van der Waals surface area contributed by atoms with Gasteiger partial charge in [0.2, 0.25) is 0 Å². The summed E-state index contributed by atoms with van der Waals surface area (Å²) in [7, 11) is 8.85. The van der Waals surface area contributed by atoms with Crippen molar-refractivity contribution < 1.29 is 33.2 Å². The van der Waals surface area contributed by atoms with Crippen molar-refractivity contribution in [1.82, 2.24) is 0 Å². The fourth-order valence-electron chi connectivity index (χ4n) is 3.73. The molecule has 0 fully saturated rings. The maximum absolute atomic E-state index is 12.4. The Bertz CT molecular complexity index is 622. The van der Waals surface area contributed by atoms with Crippen molar-refractivity contribution in [2.24, 2.45) is 0 Å². The van der Waals surface area contributed by atoms with Gasteiger partial charge in [-0.15, -0.1) is 0 Å². The molecule has 0 atom stereocenters.